The van der Waals surface area contributed by atoms with Crippen molar-refractivity contribution in [3.8, 4) is 0 Å². The summed E-state index contributed by atoms with van der Waals surface area (Å²) in [7, 11) is -4.18. The summed E-state index contributed by atoms with van der Waals surface area (Å²) >= 11 is 0. The second kappa shape index (κ2) is 11.3. The molecule has 2 fully saturated rings. The summed E-state index contributed by atoms with van der Waals surface area (Å²) in [6.07, 6.45) is -3.36. The van der Waals surface area contributed by atoms with E-state index in [0.29, 0.717) is 25.5 Å². The van der Waals surface area contributed by atoms with Crippen LogP contribution >= 0.6 is 0 Å². The van der Waals surface area contributed by atoms with E-state index in [-0.39, 0.29) is 44.5 Å². The normalized spacial score (nSPS) is 18.4. The van der Waals surface area contributed by atoms with Crippen LogP contribution in [-0.2, 0) is 31.2 Å². The number of nitrogens with zero attached hydrogens (tertiary/aromatic N) is 3. The lowest BCUT2D eigenvalue weighted by molar-refractivity contribution is -0.146. The van der Waals surface area contributed by atoms with Crippen LogP contribution in [0.4, 0.5) is 13.2 Å². The zero-order chi connectivity index (χ0) is 29.3. The summed E-state index contributed by atoms with van der Waals surface area (Å²) < 4.78 is 66.5. The van der Waals surface area contributed by atoms with E-state index >= 15 is 0 Å². The Morgan fingerprint density at radius 2 is 1.39 bits per heavy atom. The maximum absolute atomic E-state index is 14.1. The summed E-state index contributed by atoms with van der Waals surface area (Å²) in [5.41, 5.74) is -0.233. The average molecular weight is 586 g/mol. The van der Waals surface area contributed by atoms with Gasteiger partial charge in [0.1, 0.15) is 0 Å². The van der Waals surface area contributed by atoms with E-state index in [1.807, 2.05) is 60.7 Å². The first-order chi connectivity index (χ1) is 19.5. The standard InChI is InChI=1S/C30H30F3N3O4S/c31-30(32,33)25-13-7-14-26(21-25)41(39,40)36-19-17-34(18-20-36)27(37)22-35-16-8-15-29(28(35)38,23-9-3-1-4-10-23)24-11-5-2-6-12-24/h1-7,9-14,21H,8,15-20,22H2. The van der Waals surface area contributed by atoms with Gasteiger partial charge in [-0.15, -0.1) is 0 Å². The highest BCUT2D eigenvalue weighted by Gasteiger charge is 2.47. The molecule has 7 nitrogen and oxygen atoms in total. The number of piperazine rings is 1. The number of piperidine rings is 1. The van der Waals surface area contributed by atoms with Gasteiger partial charge in [0.05, 0.1) is 22.4 Å². The monoisotopic (exact) mass is 585 g/mol. The molecule has 3 aromatic rings. The summed E-state index contributed by atoms with van der Waals surface area (Å²) in [6, 6.07) is 22.7. The van der Waals surface area contributed by atoms with Crippen molar-refractivity contribution in [1.82, 2.24) is 14.1 Å². The number of sulfonamides is 1. The molecular weight excluding hydrogens is 555 g/mol. The third-order valence-electron chi connectivity index (χ3n) is 7.88. The fourth-order valence-electron chi connectivity index (χ4n) is 5.74. The molecule has 2 aliphatic rings. The number of alkyl halides is 3. The average Bonchev–Trinajstić information content (AvgIpc) is 2.99. The summed E-state index contributed by atoms with van der Waals surface area (Å²) in [6.45, 7) is 0.312. The van der Waals surface area contributed by atoms with Gasteiger partial charge in [-0.3, -0.25) is 9.59 Å². The Kier molecular flexibility index (Phi) is 7.93. The molecule has 2 saturated heterocycles. The van der Waals surface area contributed by atoms with Gasteiger partial charge in [0.2, 0.25) is 21.8 Å². The SMILES string of the molecule is O=C(CN1CCCC(c2ccccc2)(c2ccccc2)C1=O)N1CCN(S(=O)(=O)c2cccc(C(F)(F)F)c2)CC1. The number of amides is 2. The van der Waals surface area contributed by atoms with Crippen molar-refractivity contribution < 1.29 is 31.2 Å². The van der Waals surface area contributed by atoms with E-state index in [4.69, 9.17) is 0 Å². The maximum Gasteiger partial charge on any atom is 0.416 e. The second-order valence-electron chi connectivity index (χ2n) is 10.3. The first-order valence-electron chi connectivity index (χ1n) is 13.4. The number of likely N-dealkylation sites (tertiary alicyclic amines) is 1. The predicted octanol–water partition coefficient (Wildman–Crippen LogP) is 4.15. The molecular formula is C30H30F3N3O4S. The van der Waals surface area contributed by atoms with Gasteiger partial charge < -0.3 is 9.80 Å². The van der Waals surface area contributed by atoms with Gasteiger partial charge in [0.25, 0.3) is 0 Å². The summed E-state index contributed by atoms with van der Waals surface area (Å²) in [5.74, 6) is -0.452. The van der Waals surface area contributed by atoms with E-state index in [0.717, 1.165) is 33.6 Å². The van der Waals surface area contributed by atoms with Crippen molar-refractivity contribution in [1.29, 1.82) is 0 Å². The van der Waals surface area contributed by atoms with E-state index in [1.165, 1.54) is 4.90 Å². The van der Waals surface area contributed by atoms with Crippen LogP contribution in [-0.4, -0.2) is 73.6 Å². The molecule has 2 amide bonds. The Morgan fingerprint density at radius 3 is 1.95 bits per heavy atom. The maximum atomic E-state index is 14.1. The second-order valence-corrected chi connectivity index (χ2v) is 12.2. The molecule has 0 spiro atoms. The molecule has 0 atom stereocenters. The Hall–Kier alpha value is -3.70. The number of carbonyl (C=O) groups is 2. The molecule has 0 unspecified atom stereocenters. The lowest BCUT2D eigenvalue weighted by Gasteiger charge is -2.43. The van der Waals surface area contributed by atoms with E-state index < -0.39 is 32.1 Å². The molecule has 0 bridgehead atoms. The molecule has 0 aromatic heterocycles. The van der Waals surface area contributed by atoms with Crippen molar-refractivity contribution in [2.24, 2.45) is 0 Å². The quantitative estimate of drug-likeness (QED) is 0.436. The van der Waals surface area contributed by atoms with Crippen LogP contribution < -0.4 is 0 Å². The first kappa shape index (κ1) is 28.8. The smallest absolute Gasteiger partial charge is 0.339 e. The lowest BCUT2D eigenvalue weighted by Crippen LogP contribution is -2.57. The van der Waals surface area contributed by atoms with Gasteiger partial charge in [-0.05, 0) is 42.2 Å². The molecule has 0 aliphatic carbocycles. The fourth-order valence-corrected chi connectivity index (χ4v) is 7.20. The highest BCUT2D eigenvalue weighted by atomic mass is 32.2. The zero-order valence-corrected chi connectivity index (χ0v) is 23.1. The van der Waals surface area contributed by atoms with Crippen molar-refractivity contribution in [3.63, 3.8) is 0 Å². The highest BCUT2D eigenvalue weighted by molar-refractivity contribution is 7.89. The third kappa shape index (κ3) is 5.60. The van der Waals surface area contributed by atoms with Gasteiger partial charge in [-0.25, -0.2) is 8.42 Å². The lowest BCUT2D eigenvalue weighted by atomic mass is 9.68. The Balaban J connectivity index is 1.28. The number of carbonyl (C=O) groups excluding carboxylic acids is 2. The van der Waals surface area contributed by atoms with Gasteiger partial charge in [0, 0.05) is 32.7 Å². The minimum Gasteiger partial charge on any atom is -0.339 e. The van der Waals surface area contributed by atoms with Gasteiger partial charge in [0.15, 0.2) is 0 Å². The van der Waals surface area contributed by atoms with E-state index in [2.05, 4.69) is 0 Å². The van der Waals surface area contributed by atoms with Crippen LogP contribution in [0.25, 0.3) is 0 Å². The first-order valence-corrected chi connectivity index (χ1v) is 14.8. The van der Waals surface area contributed by atoms with Crippen LogP contribution in [0.1, 0.15) is 29.5 Å². The molecule has 2 heterocycles. The van der Waals surface area contributed by atoms with Crippen molar-refractivity contribution in [2.75, 3.05) is 39.3 Å². The Bertz CT molecular complexity index is 1470. The largest absolute Gasteiger partial charge is 0.416 e. The van der Waals surface area contributed by atoms with Crippen LogP contribution in [0.2, 0.25) is 0 Å². The van der Waals surface area contributed by atoms with Crippen LogP contribution in [0.3, 0.4) is 0 Å². The van der Waals surface area contributed by atoms with E-state index in [1.54, 1.807) is 4.90 Å². The Labute approximate surface area is 237 Å². The predicted molar refractivity (Wildman–Crippen MR) is 146 cm³/mol. The van der Waals surface area contributed by atoms with Crippen LogP contribution in [0, 0.1) is 0 Å². The highest BCUT2D eigenvalue weighted by Crippen LogP contribution is 2.41. The molecule has 0 N–H and O–H groups in total. The van der Waals surface area contributed by atoms with Crippen molar-refractivity contribution in [3.05, 3.63) is 102 Å². The van der Waals surface area contributed by atoms with Gasteiger partial charge in [-0.1, -0.05) is 66.7 Å². The molecule has 2 aliphatic heterocycles. The van der Waals surface area contributed by atoms with Gasteiger partial charge in [-0.2, -0.15) is 17.5 Å². The molecule has 5 rings (SSSR count). The number of benzene rings is 3. The number of rotatable bonds is 6. The number of hydrogen-bond acceptors (Lipinski definition) is 4. The summed E-state index contributed by atoms with van der Waals surface area (Å²) in [5, 5.41) is 0. The fraction of sp³-hybridized carbons (Fsp3) is 0.333. The van der Waals surface area contributed by atoms with Crippen molar-refractivity contribution in [2.45, 2.75) is 29.3 Å². The molecule has 216 valence electrons. The molecule has 3 aromatic carbocycles. The number of halogens is 3. The summed E-state index contributed by atoms with van der Waals surface area (Å²) in [4.78, 5) is 30.1. The molecule has 0 saturated carbocycles. The van der Waals surface area contributed by atoms with Crippen molar-refractivity contribution >= 4 is 21.8 Å². The molecule has 41 heavy (non-hydrogen) atoms. The van der Waals surface area contributed by atoms with Crippen LogP contribution in [0.5, 0.6) is 0 Å². The molecule has 11 heteroatoms. The number of hydrogen-bond donors (Lipinski definition) is 0. The zero-order valence-electron chi connectivity index (χ0n) is 22.3. The minimum absolute atomic E-state index is 0.0593. The topological polar surface area (TPSA) is 78.0 Å². The third-order valence-corrected chi connectivity index (χ3v) is 9.78. The van der Waals surface area contributed by atoms with Gasteiger partial charge >= 0.3 is 6.18 Å². The minimum atomic E-state index is -4.67. The van der Waals surface area contributed by atoms with E-state index in [9.17, 15) is 31.2 Å². The molecule has 0 radical (unpaired) electrons. The Morgan fingerprint density at radius 1 is 0.805 bits per heavy atom. The van der Waals surface area contributed by atoms with Crippen LogP contribution in [0.15, 0.2) is 89.8 Å².